The lowest BCUT2D eigenvalue weighted by Crippen LogP contribution is -1.99. The van der Waals surface area contributed by atoms with E-state index in [1.165, 1.54) is 6.20 Å². The van der Waals surface area contributed by atoms with Crippen LogP contribution in [0.3, 0.4) is 0 Å². The average molecular weight is 445 g/mol. The highest BCUT2D eigenvalue weighted by atomic mass is 16.5. The topological polar surface area (TPSA) is 106 Å². The second-order valence-electron chi connectivity index (χ2n) is 7.42. The predicted octanol–water partition coefficient (Wildman–Crippen LogP) is 6.41. The highest BCUT2D eigenvalue weighted by Crippen LogP contribution is 2.36. The number of nitrogens with two attached hydrogens (primary N) is 1. The Labute approximate surface area is 196 Å². The van der Waals surface area contributed by atoms with Gasteiger partial charge in [0.15, 0.2) is 5.75 Å². The van der Waals surface area contributed by atoms with Crippen molar-refractivity contribution >= 4 is 28.0 Å². The van der Waals surface area contributed by atoms with Crippen molar-refractivity contribution in [2.45, 2.75) is 0 Å². The number of hydrogen-bond donors (Lipinski definition) is 2. The van der Waals surface area contributed by atoms with Gasteiger partial charge in [0, 0.05) is 35.7 Å². The Morgan fingerprint density at radius 1 is 0.824 bits per heavy atom. The third-order valence-electron chi connectivity index (χ3n) is 5.10. The molecule has 3 N–H and O–H groups in total. The number of pyridine rings is 2. The van der Waals surface area contributed by atoms with Crippen molar-refractivity contribution in [1.82, 2.24) is 9.97 Å². The number of fused-ring (bicyclic) bond motifs is 1. The molecule has 0 saturated carbocycles. The Kier molecular flexibility index (Phi) is 5.62. The number of nitriles is 1. The Bertz CT molecular complexity index is 1480. The van der Waals surface area contributed by atoms with Gasteiger partial charge >= 0.3 is 0 Å². The molecule has 0 aliphatic carbocycles. The van der Waals surface area contributed by atoms with E-state index in [1.54, 1.807) is 36.7 Å². The summed E-state index contributed by atoms with van der Waals surface area (Å²) in [5.41, 5.74) is 9.17. The molecule has 3 aromatic carbocycles. The summed E-state index contributed by atoms with van der Waals surface area (Å²) in [7, 11) is 0. The van der Waals surface area contributed by atoms with Gasteiger partial charge in [0.2, 0.25) is 0 Å². The van der Waals surface area contributed by atoms with E-state index >= 15 is 0 Å². The molecule has 34 heavy (non-hydrogen) atoms. The number of nitrogen functional groups attached to an aromatic ring is 1. The Balaban J connectivity index is 1.45. The molecule has 0 spiro atoms. The number of anilines is 3. The summed E-state index contributed by atoms with van der Waals surface area (Å²) in [6.07, 6.45) is 4.81. The third kappa shape index (κ3) is 4.42. The number of benzene rings is 3. The summed E-state index contributed by atoms with van der Waals surface area (Å²) in [6, 6.07) is 26.3. The summed E-state index contributed by atoms with van der Waals surface area (Å²) in [5.74, 6) is 2.56. The van der Waals surface area contributed by atoms with Crippen LogP contribution in [-0.4, -0.2) is 9.97 Å². The van der Waals surface area contributed by atoms with Gasteiger partial charge in [0.1, 0.15) is 23.3 Å². The lowest BCUT2D eigenvalue weighted by Gasteiger charge is -2.14. The van der Waals surface area contributed by atoms with Crippen LogP contribution >= 0.6 is 0 Å². The van der Waals surface area contributed by atoms with E-state index in [4.69, 9.17) is 15.2 Å². The second kappa shape index (κ2) is 9.18. The van der Waals surface area contributed by atoms with E-state index < -0.39 is 0 Å². The fourth-order valence-corrected chi connectivity index (χ4v) is 3.45. The molecule has 2 heterocycles. The van der Waals surface area contributed by atoms with Gasteiger partial charge in [0.05, 0.1) is 22.5 Å². The molecule has 0 aliphatic rings. The van der Waals surface area contributed by atoms with E-state index in [-0.39, 0.29) is 0 Å². The van der Waals surface area contributed by atoms with Gasteiger partial charge < -0.3 is 20.5 Å². The molecule has 0 bridgehead atoms. The van der Waals surface area contributed by atoms with Gasteiger partial charge in [-0.2, -0.15) is 5.26 Å². The summed E-state index contributed by atoms with van der Waals surface area (Å²) < 4.78 is 11.7. The van der Waals surface area contributed by atoms with Gasteiger partial charge in [-0.15, -0.1) is 0 Å². The van der Waals surface area contributed by atoms with Crippen molar-refractivity contribution < 1.29 is 9.47 Å². The summed E-state index contributed by atoms with van der Waals surface area (Å²) in [5, 5.41) is 13.7. The molecule has 0 atom stereocenters. The Hall–Kier alpha value is -5.09. The van der Waals surface area contributed by atoms with Crippen molar-refractivity contribution in [1.29, 1.82) is 5.26 Å². The SMILES string of the molecule is N#Cc1cnc2cc(Oc3ccncc3)c(N)cc2c1Nc1ccc(Oc2ccccc2)cc1. The number of aromatic nitrogens is 2. The van der Waals surface area contributed by atoms with Gasteiger partial charge in [0.25, 0.3) is 0 Å². The molecule has 0 fully saturated rings. The first-order valence-corrected chi connectivity index (χ1v) is 10.5. The number of ether oxygens (including phenoxy) is 2. The minimum atomic E-state index is 0.402. The van der Waals surface area contributed by atoms with Crippen LogP contribution in [0.1, 0.15) is 5.56 Å². The smallest absolute Gasteiger partial charge is 0.152 e. The van der Waals surface area contributed by atoms with Crippen molar-refractivity contribution in [2.75, 3.05) is 11.1 Å². The molecule has 0 radical (unpaired) electrons. The number of para-hydroxylation sites is 1. The lowest BCUT2D eigenvalue weighted by atomic mass is 10.1. The maximum atomic E-state index is 9.67. The summed E-state index contributed by atoms with van der Waals surface area (Å²) >= 11 is 0. The minimum absolute atomic E-state index is 0.402. The van der Waals surface area contributed by atoms with E-state index in [2.05, 4.69) is 21.4 Å². The quantitative estimate of drug-likeness (QED) is 0.291. The lowest BCUT2D eigenvalue weighted by molar-refractivity contribution is 0.483. The fraction of sp³-hybridized carbons (Fsp3) is 0. The zero-order chi connectivity index (χ0) is 23.3. The number of hydrogen-bond acceptors (Lipinski definition) is 7. The molecular formula is C27H19N5O2. The van der Waals surface area contributed by atoms with Crippen LogP contribution in [-0.2, 0) is 0 Å². The molecule has 7 nitrogen and oxygen atoms in total. The van der Waals surface area contributed by atoms with E-state index in [0.29, 0.717) is 45.1 Å². The van der Waals surface area contributed by atoms with Crippen LogP contribution in [0.25, 0.3) is 10.9 Å². The molecule has 0 unspecified atom stereocenters. The maximum Gasteiger partial charge on any atom is 0.152 e. The first-order chi connectivity index (χ1) is 16.7. The molecule has 0 amide bonds. The Morgan fingerprint density at radius 2 is 1.53 bits per heavy atom. The average Bonchev–Trinajstić information content (AvgIpc) is 2.87. The summed E-state index contributed by atoms with van der Waals surface area (Å²) in [4.78, 5) is 8.41. The summed E-state index contributed by atoms with van der Waals surface area (Å²) in [6.45, 7) is 0. The van der Waals surface area contributed by atoms with Crippen LogP contribution in [0, 0.1) is 11.3 Å². The monoisotopic (exact) mass is 445 g/mol. The molecular weight excluding hydrogens is 426 g/mol. The van der Waals surface area contributed by atoms with Crippen molar-refractivity contribution in [3.8, 4) is 29.1 Å². The van der Waals surface area contributed by atoms with Crippen LogP contribution in [0.5, 0.6) is 23.0 Å². The van der Waals surface area contributed by atoms with E-state index in [0.717, 1.165) is 11.4 Å². The highest BCUT2D eigenvalue weighted by molar-refractivity contribution is 5.98. The van der Waals surface area contributed by atoms with Gasteiger partial charge in [-0.3, -0.25) is 9.97 Å². The third-order valence-corrected chi connectivity index (χ3v) is 5.10. The molecule has 164 valence electrons. The van der Waals surface area contributed by atoms with Crippen molar-refractivity contribution in [3.05, 3.63) is 103 Å². The van der Waals surface area contributed by atoms with Crippen molar-refractivity contribution in [2.24, 2.45) is 0 Å². The minimum Gasteiger partial charge on any atom is -0.457 e. The van der Waals surface area contributed by atoms with Gasteiger partial charge in [-0.25, -0.2) is 0 Å². The fourth-order valence-electron chi connectivity index (χ4n) is 3.45. The van der Waals surface area contributed by atoms with Crippen LogP contribution in [0.2, 0.25) is 0 Å². The molecule has 5 aromatic rings. The van der Waals surface area contributed by atoms with Gasteiger partial charge in [-0.05, 0) is 54.6 Å². The largest absolute Gasteiger partial charge is 0.457 e. The van der Waals surface area contributed by atoms with Crippen LogP contribution in [0.4, 0.5) is 17.1 Å². The van der Waals surface area contributed by atoms with E-state index in [1.807, 2.05) is 54.6 Å². The standard InChI is InChI=1S/C27H19N5O2/c28-16-18-17-31-25-15-26(34-22-10-12-30-13-11-22)24(29)14-23(25)27(18)32-19-6-8-21(9-7-19)33-20-4-2-1-3-5-20/h1-15,17H,29H2,(H,31,32). The van der Waals surface area contributed by atoms with E-state index in [9.17, 15) is 5.26 Å². The molecule has 0 saturated heterocycles. The second-order valence-corrected chi connectivity index (χ2v) is 7.42. The number of nitrogens with one attached hydrogen (secondary N) is 1. The van der Waals surface area contributed by atoms with Crippen LogP contribution in [0.15, 0.2) is 97.5 Å². The molecule has 2 aromatic heterocycles. The normalized spacial score (nSPS) is 10.4. The number of rotatable bonds is 6. The highest BCUT2D eigenvalue weighted by Gasteiger charge is 2.13. The molecule has 7 heteroatoms. The first kappa shape index (κ1) is 20.8. The van der Waals surface area contributed by atoms with Gasteiger partial charge in [-0.1, -0.05) is 18.2 Å². The zero-order valence-electron chi connectivity index (χ0n) is 18.0. The zero-order valence-corrected chi connectivity index (χ0v) is 18.0. The van der Waals surface area contributed by atoms with Crippen molar-refractivity contribution in [3.63, 3.8) is 0 Å². The van der Waals surface area contributed by atoms with Crippen LogP contribution < -0.4 is 20.5 Å². The Morgan fingerprint density at radius 3 is 2.26 bits per heavy atom. The molecule has 0 aliphatic heterocycles. The maximum absolute atomic E-state index is 9.67. The molecule has 5 rings (SSSR count). The first-order valence-electron chi connectivity index (χ1n) is 10.5. The number of nitrogens with zero attached hydrogens (tertiary/aromatic N) is 3. The predicted molar refractivity (Wildman–Crippen MR) is 131 cm³/mol.